The molecule has 5 heteroatoms. The maximum atomic E-state index is 12.0. The molecular weight excluding hydrogens is 260 g/mol. The van der Waals surface area contributed by atoms with Crippen molar-refractivity contribution in [2.75, 3.05) is 21.3 Å². The maximum Gasteiger partial charge on any atom is 0.321 e. The normalized spacial score (nSPS) is 21.8. The van der Waals surface area contributed by atoms with Gasteiger partial charge in [0.1, 0.15) is 5.76 Å². The summed E-state index contributed by atoms with van der Waals surface area (Å²) < 4.78 is 14.6. The summed E-state index contributed by atoms with van der Waals surface area (Å²) in [6.45, 7) is 1.83. The van der Waals surface area contributed by atoms with Crippen molar-refractivity contribution in [3.63, 3.8) is 0 Å². The first-order chi connectivity index (χ1) is 9.54. The van der Waals surface area contributed by atoms with Gasteiger partial charge in [0.15, 0.2) is 5.92 Å². The summed E-state index contributed by atoms with van der Waals surface area (Å²) in [5, 5.41) is 0. The Balaban J connectivity index is 3.23. The zero-order valence-corrected chi connectivity index (χ0v) is 12.2. The fourth-order valence-electron chi connectivity index (χ4n) is 2.32. The molecule has 0 amide bonds. The Bertz CT molecular complexity index is 445. The van der Waals surface area contributed by atoms with Crippen LogP contribution >= 0.6 is 0 Å². The minimum absolute atomic E-state index is 0.450. The molecule has 0 aromatic heterocycles. The van der Waals surface area contributed by atoms with Crippen LogP contribution < -0.4 is 0 Å². The Labute approximate surface area is 118 Å². The average molecular weight is 280 g/mol. The van der Waals surface area contributed by atoms with E-state index in [0.717, 1.165) is 0 Å². The first-order valence-corrected chi connectivity index (χ1v) is 6.27. The van der Waals surface area contributed by atoms with E-state index in [-0.39, 0.29) is 0 Å². The fraction of sp³-hybridized carbons (Fsp3) is 0.467. The molecule has 1 rings (SSSR count). The number of ether oxygens (including phenoxy) is 3. The summed E-state index contributed by atoms with van der Waals surface area (Å²) in [6.07, 6.45) is 9.41. The van der Waals surface area contributed by atoms with Crippen LogP contribution in [0.25, 0.3) is 0 Å². The van der Waals surface area contributed by atoms with Crippen LogP contribution in [0, 0.1) is 11.3 Å². The topological polar surface area (TPSA) is 61.8 Å². The summed E-state index contributed by atoms with van der Waals surface area (Å²) >= 11 is 0. The standard InChI is InChI=1S/C15H20O5/c1-5-8-15(9-6-11(18-2)7-10-15)12(13(16)19-3)14(17)20-4/h5-9,12H,10H2,1-4H3/b8-5-. The van der Waals surface area contributed by atoms with Crippen LogP contribution in [0.4, 0.5) is 0 Å². The van der Waals surface area contributed by atoms with Crippen molar-refractivity contribution < 1.29 is 23.8 Å². The summed E-state index contributed by atoms with van der Waals surface area (Å²) in [6, 6.07) is 0. The first-order valence-electron chi connectivity index (χ1n) is 6.27. The minimum Gasteiger partial charge on any atom is -0.497 e. The predicted molar refractivity (Wildman–Crippen MR) is 73.6 cm³/mol. The van der Waals surface area contributed by atoms with Crippen molar-refractivity contribution in [1.82, 2.24) is 0 Å². The summed E-state index contributed by atoms with van der Waals surface area (Å²) in [5.41, 5.74) is -0.795. The molecule has 0 spiro atoms. The summed E-state index contributed by atoms with van der Waals surface area (Å²) in [7, 11) is 4.08. The highest BCUT2D eigenvalue weighted by atomic mass is 16.5. The van der Waals surface area contributed by atoms with Gasteiger partial charge in [-0.2, -0.15) is 0 Å². The first kappa shape index (κ1) is 16.0. The molecule has 0 aromatic rings. The van der Waals surface area contributed by atoms with Crippen LogP contribution in [0.1, 0.15) is 13.3 Å². The van der Waals surface area contributed by atoms with Crippen LogP contribution in [0.5, 0.6) is 0 Å². The van der Waals surface area contributed by atoms with Gasteiger partial charge in [0, 0.05) is 5.41 Å². The predicted octanol–water partition coefficient (Wildman–Crippen LogP) is 2.00. The summed E-state index contributed by atoms with van der Waals surface area (Å²) in [4.78, 5) is 24.0. The number of allylic oxidation sites excluding steroid dienone is 5. The summed E-state index contributed by atoms with van der Waals surface area (Å²) in [5.74, 6) is -1.58. The Kier molecular flexibility index (Phi) is 5.55. The quantitative estimate of drug-likeness (QED) is 0.438. The lowest BCUT2D eigenvalue weighted by Gasteiger charge is -2.33. The minimum atomic E-state index is -1.04. The van der Waals surface area contributed by atoms with E-state index < -0.39 is 23.3 Å². The molecule has 1 aliphatic rings. The van der Waals surface area contributed by atoms with E-state index in [1.165, 1.54) is 14.2 Å². The van der Waals surface area contributed by atoms with Crippen LogP contribution in [-0.4, -0.2) is 33.3 Å². The zero-order valence-electron chi connectivity index (χ0n) is 12.2. The molecular formula is C15H20O5. The maximum absolute atomic E-state index is 12.0. The third-order valence-electron chi connectivity index (χ3n) is 3.34. The van der Waals surface area contributed by atoms with Crippen molar-refractivity contribution in [2.45, 2.75) is 13.3 Å². The lowest BCUT2D eigenvalue weighted by atomic mass is 9.70. The molecule has 0 heterocycles. The van der Waals surface area contributed by atoms with Gasteiger partial charge in [-0.3, -0.25) is 9.59 Å². The number of carbonyl (C=O) groups is 2. The van der Waals surface area contributed by atoms with Crippen LogP contribution in [0.3, 0.4) is 0 Å². The number of esters is 2. The molecule has 1 atom stereocenters. The number of methoxy groups -OCH3 is 3. The Morgan fingerprint density at radius 3 is 2.20 bits per heavy atom. The van der Waals surface area contributed by atoms with Gasteiger partial charge in [0.05, 0.1) is 21.3 Å². The second-order valence-corrected chi connectivity index (χ2v) is 4.44. The molecule has 0 aliphatic heterocycles. The molecule has 0 saturated heterocycles. The molecule has 0 fully saturated rings. The molecule has 1 aliphatic carbocycles. The molecule has 1 unspecified atom stereocenters. The van der Waals surface area contributed by atoms with Gasteiger partial charge < -0.3 is 14.2 Å². The van der Waals surface area contributed by atoms with Crippen molar-refractivity contribution in [3.05, 3.63) is 36.1 Å². The highest BCUT2D eigenvalue weighted by molar-refractivity contribution is 5.96. The monoisotopic (exact) mass is 280 g/mol. The van der Waals surface area contributed by atoms with Crippen molar-refractivity contribution >= 4 is 11.9 Å². The Hall–Kier alpha value is -2.04. The van der Waals surface area contributed by atoms with E-state index >= 15 is 0 Å². The van der Waals surface area contributed by atoms with Crippen molar-refractivity contribution in [1.29, 1.82) is 0 Å². The van der Waals surface area contributed by atoms with Crippen LogP contribution in [0.2, 0.25) is 0 Å². The SMILES string of the molecule is C/C=C\C1(C(C(=O)OC)C(=O)OC)C=CC(OC)=CC1. The van der Waals surface area contributed by atoms with Crippen molar-refractivity contribution in [3.8, 4) is 0 Å². The van der Waals surface area contributed by atoms with Crippen molar-refractivity contribution in [2.24, 2.45) is 11.3 Å². The highest BCUT2D eigenvalue weighted by Crippen LogP contribution is 2.40. The largest absolute Gasteiger partial charge is 0.497 e. The van der Waals surface area contributed by atoms with Crippen LogP contribution in [-0.2, 0) is 23.8 Å². The van der Waals surface area contributed by atoms with E-state index in [2.05, 4.69) is 0 Å². The lowest BCUT2D eigenvalue weighted by Crippen LogP contribution is -2.41. The lowest BCUT2D eigenvalue weighted by molar-refractivity contribution is -0.162. The molecule has 0 N–H and O–H groups in total. The molecule has 20 heavy (non-hydrogen) atoms. The second-order valence-electron chi connectivity index (χ2n) is 4.44. The molecule has 110 valence electrons. The third-order valence-corrected chi connectivity index (χ3v) is 3.34. The van der Waals surface area contributed by atoms with Gasteiger partial charge >= 0.3 is 11.9 Å². The second kappa shape index (κ2) is 6.93. The fourth-order valence-corrected chi connectivity index (χ4v) is 2.32. The van der Waals surface area contributed by atoms with Gasteiger partial charge in [0.2, 0.25) is 0 Å². The average Bonchev–Trinajstić information content (AvgIpc) is 2.48. The van der Waals surface area contributed by atoms with Gasteiger partial charge in [-0.25, -0.2) is 0 Å². The molecule has 5 nitrogen and oxygen atoms in total. The number of hydrogen-bond donors (Lipinski definition) is 0. The molecule has 0 bridgehead atoms. The van der Waals surface area contributed by atoms with Gasteiger partial charge in [0.25, 0.3) is 0 Å². The van der Waals surface area contributed by atoms with Gasteiger partial charge in [-0.1, -0.05) is 18.2 Å². The smallest absolute Gasteiger partial charge is 0.321 e. The van der Waals surface area contributed by atoms with E-state index in [4.69, 9.17) is 14.2 Å². The van der Waals surface area contributed by atoms with E-state index in [1.807, 2.05) is 19.1 Å². The van der Waals surface area contributed by atoms with E-state index in [0.29, 0.717) is 12.2 Å². The van der Waals surface area contributed by atoms with Crippen LogP contribution in [0.15, 0.2) is 36.1 Å². The van der Waals surface area contributed by atoms with E-state index in [9.17, 15) is 9.59 Å². The van der Waals surface area contributed by atoms with E-state index in [1.54, 1.807) is 25.3 Å². The zero-order chi connectivity index (χ0) is 15.2. The molecule has 0 radical (unpaired) electrons. The Morgan fingerprint density at radius 1 is 1.25 bits per heavy atom. The Morgan fingerprint density at radius 2 is 1.85 bits per heavy atom. The number of rotatable bonds is 5. The number of carbonyl (C=O) groups excluding carboxylic acids is 2. The highest BCUT2D eigenvalue weighted by Gasteiger charge is 2.46. The van der Waals surface area contributed by atoms with Gasteiger partial charge in [-0.15, -0.1) is 0 Å². The molecule has 0 saturated carbocycles. The number of hydrogen-bond acceptors (Lipinski definition) is 5. The molecule has 0 aromatic carbocycles. The van der Waals surface area contributed by atoms with Gasteiger partial charge in [-0.05, 0) is 25.5 Å². The third kappa shape index (κ3) is 3.10.